The Morgan fingerprint density at radius 1 is 1.30 bits per heavy atom. The molecule has 0 aliphatic carbocycles. The number of fused-ring (bicyclic) bond motifs is 1. The predicted octanol–water partition coefficient (Wildman–Crippen LogP) is 2.64. The minimum Gasteiger partial charge on any atom is -0.465 e. The number of benzene rings is 1. The highest BCUT2D eigenvalue weighted by atomic mass is 32.1. The molecule has 6 heteroatoms. The Hall–Kier alpha value is -1.95. The van der Waals surface area contributed by atoms with Gasteiger partial charge in [0.15, 0.2) is 0 Å². The lowest BCUT2D eigenvalue weighted by molar-refractivity contribution is -0.151. The minimum atomic E-state index is -0.144. The molecule has 0 bridgehead atoms. The fourth-order valence-corrected chi connectivity index (χ4v) is 3.76. The molecule has 23 heavy (non-hydrogen) atoms. The van der Waals surface area contributed by atoms with Crippen LogP contribution in [0.25, 0.3) is 10.2 Å². The summed E-state index contributed by atoms with van der Waals surface area (Å²) in [5.41, 5.74) is 0.996. The SMILES string of the molecule is CC(=O)N1CCC(C(=O)OCCc2nc3ccccc3s2)CC1. The third kappa shape index (κ3) is 3.88. The predicted molar refractivity (Wildman–Crippen MR) is 89.3 cm³/mol. The number of aromatic nitrogens is 1. The number of piperidine rings is 1. The standard InChI is InChI=1S/C17H20N2O3S/c1-12(20)19-9-6-13(7-10-19)17(21)22-11-8-16-18-14-4-2-3-5-15(14)23-16/h2-5,13H,6-11H2,1H3. The quantitative estimate of drug-likeness (QED) is 0.808. The Labute approximate surface area is 139 Å². The van der Waals surface area contributed by atoms with Crippen molar-refractivity contribution >= 4 is 33.4 Å². The van der Waals surface area contributed by atoms with Gasteiger partial charge in [-0.25, -0.2) is 4.98 Å². The number of amides is 1. The van der Waals surface area contributed by atoms with Gasteiger partial charge in [0.05, 0.1) is 27.7 Å². The van der Waals surface area contributed by atoms with Crippen LogP contribution in [0.3, 0.4) is 0 Å². The van der Waals surface area contributed by atoms with Gasteiger partial charge in [-0.05, 0) is 25.0 Å². The van der Waals surface area contributed by atoms with Crippen LogP contribution in [-0.4, -0.2) is 41.5 Å². The first-order valence-electron chi connectivity index (χ1n) is 7.90. The van der Waals surface area contributed by atoms with E-state index in [9.17, 15) is 9.59 Å². The average Bonchev–Trinajstić information content (AvgIpc) is 2.97. The summed E-state index contributed by atoms with van der Waals surface area (Å²) in [5, 5.41) is 0.991. The van der Waals surface area contributed by atoms with Crippen molar-refractivity contribution in [3.8, 4) is 0 Å². The maximum absolute atomic E-state index is 12.1. The van der Waals surface area contributed by atoms with Crippen LogP contribution in [0, 0.1) is 5.92 Å². The Morgan fingerprint density at radius 2 is 2.04 bits per heavy atom. The number of ether oxygens (including phenoxy) is 1. The van der Waals surface area contributed by atoms with Crippen LogP contribution in [0.5, 0.6) is 0 Å². The second kappa shape index (κ2) is 7.08. The molecule has 0 saturated carbocycles. The number of nitrogens with zero attached hydrogens (tertiary/aromatic N) is 2. The largest absolute Gasteiger partial charge is 0.465 e. The van der Waals surface area contributed by atoms with Crippen molar-refractivity contribution in [1.82, 2.24) is 9.88 Å². The number of carbonyl (C=O) groups excluding carboxylic acids is 2. The highest BCUT2D eigenvalue weighted by Gasteiger charge is 2.27. The lowest BCUT2D eigenvalue weighted by atomic mass is 9.97. The van der Waals surface area contributed by atoms with E-state index in [0.29, 0.717) is 39.0 Å². The lowest BCUT2D eigenvalue weighted by Gasteiger charge is -2.30. The summed E-state index contributed by atoms with van der Waals surface area (Å²) in [6, 6.07) is 8.01. The van der Waals surface area contributed by atoms with Gasteiger partial charge in [0.2, 0.25) is 5.91 Å². The number of hydrogen-bond donors (Lipinski definition) is 0. The molecule has 1 aliphatic heterocycles. The maximum Gasteiger partial charge on any atom is 0.309 e. The van der Waals surface area contributed by atoms with E-state index in [1.54, 1.807) is 23.2 Å². The molecule has 1 saturated heterocycles. The second-order valence-corrected chi connectivity index (χ2v) is 6.89. The van der Waals surface area contributed by atoms with E-state index < -0.39 is 0 Å². The fourth-order valence-electron chi connectivity index (χ4n) is 2.81. The van der Waals surface area contributed by atoms with Crippen molar-refractivity contribution < 1.29 is 14.3 Å². The number of carbonyl (C=O) groups is 2. The summed E-state index contributed by atoms with van der Waals surface area (Å²) in [7, 11) is 0. The Bertz CT molecular complexity index is 672. The first kappa shape index (κ1) is 15.9. The summed E-state index contributed by atoms with van der Waals surface area (Å²) in [6.45, 7) is 3.22. The second-order valence-electron chi connectivity index (χ2n) is 5.77. The molecule has 1 fully saturated rings. The highest BCUT2D eigenvalue weighted by molar-refractivity contribution is 7.18. The molecule has 2 heterocycles. The van der Waals surface area contributed by atoms with Gasteiger partial charge in [-0.3, -0.25) is 9.59 Å². The number of para-hydroxylation sites is 1. The molecule has 1 aromatic heterocycles. The summed E-state index contributed by atoms with van der Waals surface area (Å²) in [6.07, 6.45) is 2.04. The van der Waals surface area contributed by atoms with Gasteiger partial charge in [-0.1, -0.05) is 12.1 Å². The van der Waals surface area contributed by atoms with E-state index in [2.05, 4.69) is 4.98 Å². The molecule has 0 atom stereocenters. The van der Waals surface area contributed by atoms with Crippen LogP contribution in [0.4, 0.5) is 0 Å². The number of thiazole rings is 1. The van der Waals surface area contributed by atoms with Crippen LogP contribution in [-0.2, 0) is 20.7 Å². The molecule has 0 radical (unpaired) electrons. The third-order valence-electron chi connectivity index (χ3n) is 4.17. The monoisotopic (exact) mass is 332 g/mol. The van der Waals surface area contributed by atoms with E-state index in [0.717, 1.165) is 15.2 Å². The summed E-state index contributed by atoms with van der Waals surface area (Å²) in [4.78, 5) is 29.7. The zero-order valence-corrected chi connectivity index (χ0v) is 14.0. The van der Waals surface area contributed by atoms with Gasteiger partial charge in [-0.2, -0.15) is 0 Å². The van der Waals surface area contributed by atoms with E-state index in [4.69, 9.17) is 4.74 Å². The Morgan fingerprint density at radius 3 is 2.74 bits per heavy atom. The Kier molecular flexibility index (Phi) is 4.91. The van der Waals surface area contributed by atoms with Crippen molar-refractivity contribution in [1.29, 1.82) is 0 Å². The molecule has 0 unspecified atom stereocenters. The number of likely N-dealkylation sites (tertiary alicyclic amines) is 1. The third-order valence-corrected chi connectivity index (χ3v) is 5.27. The van der Waals surface area contributed by atoms with Crippen LogP contribution >= 0.6 is 11.3 Å². The van der Waals surface area contributed by atoms with Crippen LogP contribution < -0.4 is 0 Å². The molecule has 1 aromatic carbocycles. The number of esters is 1. The average molecular weight is 332 g/mol. The molecule has 1 amide bonds. The molecule has 2 aromatic rings. The van der Waals surface area contributed by atoms with Gasteiger partial charge < -0.3 is 9.64 Å². The molecule has 5 nitrogen and oxygen atoms in total. The Balaban J connectivity index is 1.45. The molecular weight excluding hydrogens is 312 g/mol. The minimum absolute atomic E-state index is 0.0765. The molecule has 0 spiro atoms. The molecule has 3 rings (SSSR count). The van der Waals surface area contributed by atoms with E-state index in [-0.39, 0.29) is 17.8 Å². The van der Waals surface area contributed by atoms with E-state index in [1.165, 1.54) is 0 Å². The molecule has 122 valence electrons. The highest BCUT2D eigenvalue weighted by Crippen LogP contribution is 2.22. The molecule has 1 aliphatic rings. The van der Waals surface area contributed by atoms with Crippen molar-refractivity contribution in [3.05, 3.63) is 29.3 Å². The van der Waals surface area contributed by atoms with Crippen LogP contribution in [0.15, 0.2) is 24.3 Å². The van der Waals surface area contributed by atoms with Gasteiger partial charge in [0.25, 0.3) is 0 Å². The summed E-state index contributed by atoms with van der Waals surface area (Å²) < 4.78 is 6.56. The fraction of sp³-hybridized carbons (Fsp3) is 0.471. The number of hydrogen-bond acceptors (Lipinski definition) is 5. The first-order valence-corrected chi connectivity index (χ1v) is 8.72. The van der Waals surface area contributed by atoms with E-state index in [1.807, 2.05) is 24.3 Å². The van der Waals surface area contributed by atoms with Crippen LogP contribution in [0.1, 0.15) is 24.8 Å². The summed E-state index contributed by atoms with van der Waals surface area (Å²) in [5.74, 6) is -0.150. The zero-order chi connectivity index (χ0) is 16.2. The number of rotatable bonds is 4. The van der Waals surface area contributed by atoms with Crippen molar-refractivity contribution in [2.45, 2.75) is 26.2 Å². The van der Waals surface area contributed by atoms with Crippen LogP contribution in [0.2, 0.25) is 0 Å². The first-order chi connectivity index (χ1) is 11.1. The van der Waals surface area contributed by atoms with Crippen molar-refractivity contribution in [3.63, 3.8) is 0 Å². The van der Waals surface area contributed by atoms with Crippen molar-refractivity contribution in [2.24, 2.45) is 5.92 Å². The van der Waals surface area contributed by atoms with E-state index >= 15 is 0 Å². The van der Waals surface area contributed by atoms with Gasteiger partial charge >= 0.3 is 5.97 Å². The van der Waals surface area contributed by atoms with Crippen molar-refractivity contribution in [2.75, 3.05) is 19.7 Å². The van der Waals surface area contributed by atoms with Gasteiger partial charge in [0.1, 0.15) is 0 Å². The normalized spacial score (nSPS) is 15.8. The molecule has 0 N–H and O–H groups in total. The lowest BCUT2D eigenvalue weighted by Crippen LogP contribution is -2.39. The zero-order valence-electron chi connectivity index (χ0n) is 13.2. The molecular formula is C17H20N2O3S. The summed E-state index contributed by atoms with van der Waals surface area (Å²) >= 11 is 1.64. The maximum atomic E-state index is 12.1. The topological polar surface area (TPSA) is 59.5 Å². The van der Waals surface area contributed by atoms with Gasteiger partial charge in [-0.15, -0.1) is 11.3 Å². The smallest absolute Gasteiger partial charge is 0.309 e. The van der Waals surface area contributed by atoms with Gasteiger partial charge in [0, 0.05) is 26.4 Å².